The van der Waals surface area contributed by atoms with Gasteiger partial charge in [0.05, 0.1) is 0 Å². The molecule has 0 saturated carbocycles. The van der Waals surface area contributed by atoms with Crippen LogP contribution in [-0.2, 0) is 9.05 Å². The zero-order valence-corrected chi connectivity index (χ0v) is 9.70. The van der Waals surface area contributed by atoms with Crippen molar-refractivity contribution < 1.29 is 26.3 Å². The topological polar surface area (TPSA) is 76.2 Å². The Morgan fingerprint density at radius 3 is 2.35 bits per heavy atom. The van der Waals surface area contributed by atoms with Gasteiger partial charge in [-0.3, -0.25) is 4.79 Å². The van der Waals surface area contributed by atoms with E-state index in [9.17, 15) is 26.4 Å². The maximum absolute atomic E-state index is 12.0. The van der Waals surface area contributed by atoms with Gasteiger partial charge in [0.1, 0.15) is 5.75 Å². The number of alkyl halides is 3. The number of rotatable bonds is 2. The Bertz CT molecular complexity index is 592. The fraction of sp³-hybridized carbons (Fsp3) is 0.286. The molecule has 1 aromatic heterocycles. The lowest BCUT2D eigenvalue weighted by Gasteiger charge is -2.12. The summed E-state index contributed by atoms with van der Waals surface area (Å²) in [4.78, 5) is 12.0. The average molecular weight is 292 g/mol. The first-order valence-electron chi connectivity index (χ1n) is 3.95. The number of pyridine rings is 1. The number of aromatic amines is 1. The van der Waals surface area contributed by atoms with Gasteiger partial charge in [-0.25, -0.2) is 8.42 Å². The van der Waals surface area contributed by atoms with Crippen LogP contribution < -0.4 is 10.3 Å². The van der Waals surface area contributed by atoms with E-state index in [1.807, 2.05) is 0 Å². The highest BCUT2D eigenvalue weighted by Crippen LogP contribution is 2.28. The van der Waals surface area contributed by atoms with E-state index in [-0.39, 0.29) is 0 Å². The largest absolute Gasteiger partial charge is 0.573 e. The van der Waals surface area contributed by atoms with Gasteiger partial charge in [0.2, 0.25) is 0 Å². The Morgan fingerprint density at radius 2 is 1.94 bits per heavy atom. The molecule has 1 rings (SSSR count). The second-order valence-corrected chi connectivity index (χ2v) is 5.42. The molecule has 0 unspecified atom stereocenters. The zero-order chi connectivity index (χ0) is 13.4. The fourth-order valence-corrected chi connectivity index (χ4v) is 2.42. The second kappa shape index (κ2) is 4.22. The van der Waals surface area contributed by atoms with Crippen molar-refractivity contribution in [3.8, 4) is 5.75 Å². The Balaban J connectivity index is 3.46. The van der Waals surface area contributed by atoms with Gasteiger partial charge in [-0.15, -0.1) is 13.2 Å². The molecule has 0 radical (unpaired) electrons. The van der Waals surface area contributed by atoms with Gasteiger partial charge in [-0.05, 0) is 6.92 Å². The first-order chi connectivity index (χ1) is 7.52. The molecular weight excluding hydrogens is 287 g/mol. The summed E-state index contributed by atoms with van der Waals surface area (Å²) in [6, 6.07) is 0. The SMILES string of the molecule is Cc1c(OC(F)(F)F)c[nH]c(=O)c1S(=O)(=O)Cl. The van der Waals surface area contributed by atoms with Crippen LogP contribution in [0.3, 0.4) is 0 Å². The molecule has 0 aliphatic heterocycles. The van der Waals surface area contributed by atoms with Crippen LogP contribution >= 0.6 is 10.7 Å². The summed E-state index contributed by atoms with van der Waals surface area (Å²) >= 11 is 0. The normalized spacial score (nSPS) is 12.5. The van der Waals surface area contributed by atoms with Gasteiger partial charge in [-0.1, -0.05) is 0 Å². The molecule has 1 heterocycles. The predicted molar refractivity (Wildman–Crippen MR) is 51.5 cm³/mol. The van der Waals surface area contributed by atoms with Crippen molar-refractivity contribution in [2.75, 3.05) is 0 Å². The summed E-state index contributed by atoms with van der Waals surface area (Å²) in [5.74, 6) is -0.837. The molecule has 0 amide bonds. The van der Waals surface area contributed by atoms with Gasteiger partial charge in [0, 0.05) is 22.4 Å². The molecule has 0 aliphatic carbocycles. The number of hydrogen-bond acceptors (Lipinski definition) is 4. The molecule has 0 bridgehead atoms. The first-order valence-corrected chi connectivity index (χ1v) is 6.26. The fourth-order valence-electron chi connectivity index (χ4n) is 1.11. The summed E-state index contributed by atoms with van der Waals surface area (Å²) in [6.45, 7) is 0.978. The van der Waals surface area contributed by atoms with E-state index in [2.05, 4.69) is 4.74 Å². The molecule has 1 N–H and O–H groups in total. The van der Waals surface area contributed by atoms with Crippen LogP contribution in [-0.4, -0.2) is 19.8 Å². The highest BCUT2D eigenvalue weighted by molar-refractivity contribution is 8.13. The highest BCUT2D eigenvalue weighted by Gasteiger charge is 2.33. The molecule has 0 fully saturated rings. The summed E-state index contributed by atoms with van der Waals surface area (Å²) in [5.41, 5.74) is -1.63. The third kappa shape index (κ3) is 3.37. The second-order valence-electron chi connectivity index (χ2n) is 2.92. The van der Waals surface area contributed by atoms with E-state index in [0.29, 0.717) is 6.20 Å². The summed E-state index contributed by atoms with van der Waals surface area (Å²) in [7, 11) is 0.467. The third-order valence-corrected chi connectivity index (χ3v) is 3.16. The standard InChI is InChI=1S/C7H5ClF3NO4S/c1-3-4(16-7(9,10)11)2-12-6(13)5(3)17(8,14)15/h2H,1H3,(H,12,13). The number of halogens is 4. The lowest BCUT2D eigenvalue weighted by atomic mass is 10.3. The van der Waals surface area contributed by atoms with Gasteiger partial charge >= 0.3 is 6.36 Å². The van der Waals surface area contributed by atoms with Crippen LogP contribution in [0.15, 0.2) is 15.9 Å². The maximum Gasteiger partial charge on any atom is 0.573 e. The van der Waals surface area contributed by atoms with E-state index in [4.69, 9.17) is 10.7 Å². The van der Waals surface area contributed by atoms with Gasteiger partial charge in [0.15, 0.2) is 4.90 Å². The minimum absolute atomic E-state index is 0.513. The highest BCUT2D eigenvalue weighted by atomic mass is 35.7. The molecule has 10 heteroatoms. The van der Waals surface area contributed by atoms with Crippen molar-refractivity contribution in [1.29, 1.82) is 0 Å². The van der Waals surface area contributed by atoms with E-state index in [0.717, 1.165) is 6.92 Å². The van der Waals surface area contributed by atoms with Gasteiger partial charge in [0.25, 0.3) is 14.6 Å². The van der Waals surface area contributed by atoms with E-state index >= 15 is 0 Å². The number of ether oxygens (including phenoxy) is 1. The van der Waals surface area contributed by atoms with Gasteiger partial charge < -0.3 is 9.72 Å². The Labute approximate surface area is 97.6 Å². The van der Waals surface area contributed by atoms with E-state index < -0.39 is 37.2 Å². The van der Waals surface area contributed by atoms with Crippen molar-refractivity contribution in [2.45, 2.75) is 18.2 Å². The monoisotopic (exact) mass is 291 g/mol. The molecular formula is C7H5ClF3NO4S. The van der Waals surface area contributed by atoms with Crippen LogP contribution in [0.25, 0.3) is 0 Å². The molecule has 5 nitrogen and oxygen atoms in total. The number of hydrogen-bond donors (Lipinski definition) is 1. The summed E-state index contributed by atoms with van der Waals surface area (Å²) < 4.78 is 61.4. The Kier molecular flexibility index (Phi) is 3.44. The van der Waals surface area contributed by atoms with Crippen LogP contribution in [0, 0.1) is 6.92 Å². The van der Waals surface area contributed by atoms with Crippen LogP contribution in [0.4, 0.5) is 13.2 Å². The predicted octanol–water partition coefficient (Wildman–Crippen LogP) is 1.51. The molecule has 17 heavy (non-hydrogen) atoms. The number of H-pyrrole nitrogens is 1. The van der Waals surface area contributed by atoms with Gasteiger partial charge in [-0.2, -0.15) is 0 Å². The Hall–Kier alpha value is -1.22. The van der Waals surface area contributed by atoms with Crippen molar-refractivity contribution in [2.24, 2.45) is 0 Å². The smallest absolute Gasteiger partial charge is 0.404 e. The third-order valence-electron chi connectivity index (χ3n) is 1.72. The van der Waals surface area contributed by atoms with Crippen molar-refractivity contribution in [3.63, 3.8) is 0 Å². The van der Waals surface area contributed by atoms with Crippen molar-refractivity contribution >= 4 is 19.7 Å². The lowest BCUT2D eigenvalue weighted by Crippen LogP contribution is -2.22. The summed E-state index contributed by atoms with van der Waals surface area (Å²) in [6.07, 6.45) is -4.40. The quantitative estimate of drug-likeness (QED) is 0.838. The minimum atomic E-state index is -5.00. The van der Waals surface area contributed by atoms with E-state index in [1.165, 1.54) is 0 Å². The number of nitrogens with one attached hydrogen (secondary N) is 1. The van der Waals surface area contributed by atoms with Crippen molar-refractivity contribution in [3.05, 3.63) is 22.1 Å². The maximum atomic E-state index is 12.0. The molecule has 0 atom stereocenters. The van der Waals surface area contributed by atoms with Crippen LogP contribution in [0.1, 0.15) is 5.56 Å². The molecule has 0 spiro atoms. The molecule has 0 aromatic carbocycles. The van der Waals surface area contributed by atoms with Crippen LogP contribution in [0.5, 0.6) is 5.75 Å². The Morgan fingerprint density at radius 1 is 1.41 bits per heavy atom. The van der Waals surface area contributed by atoms with Crippen LogP contribution in [0.2, 0.25) is 0 Å². The minimum Gasteiger partial charge on any atom is -0.404 e. The average Bonchev–Trinajstić information content (AvgIpc) is 2.06. The molecule has 1 aromatic rings. The first kappa shape index (κ1) is 13.8. The zero-order valence-electron chi connectivity index (χ0n) is 8.13. The van der Waals surface area contributed by atoms with Crippen molar-refractivity contribution in [1.82, 2.24) is 4.98 Å². The summed E-state index contributed by atoms with van der Waals surface area (Å²) in [5, 5.41) is 0. The number of aromatic nitrogens is 1. The molecule has 0 saturated heterocycles. The lowest BCUT2D eigenvalue weighted by molar-refractivity contribution is -0.275. The van der Waals surface area contributed by atoms with E-state index in [1.54, 1.807) is 4.98 Å². The molecule has 96 valence electrons. The molecule has 0 aliphatic rings.